The molecule has 0 aliphatic carbocycles. The number of ether oxygens (including phenoxy) is 1. The molecule has 7 nitrogen and oxygen atoms in total. The molecule has 3 aromatic heterocycles. The number of nitriles is 1. The van der Waals surface area contributed by atoms with Crippen LogP contribution >= 0.6 is 11.3 Å². The molecule has 2 atom stereocenters. The summed E-state index contributed by atoms with van der Waals surface area (Å²) in [4.78, 5) is 16.0. The molecule has 1 fully saturated rings. The lowest BCUT2D eigenvalue weighted by Crippen LogP contribution is -2.33. The van der Waals surface area contributed by atoms with E-state index in [0.29, 0.717) is 28.9 Å². The molecule has 0 spiro atoms. The first-order valence-electron chi connectivity index (χ1n) is 14.6. The van der Waals surface area contributed by atoms with Crippen LogP contribution in [-0.4, -0.2) is 27.5 Å². The minimum atomic E-state index is -0.598. The van der Waals surface area contributed by atoms with Gasteiger partial charge in [-0.1, -0.05) is 53.4 Å². The number of thiophene rings is 1. The van der Waals surface area contributed by atoms with Gasteiger partial charge >= 0.3 is 0 Å². The van der Waals surface area contributed by atoms with Crippen molar-refractivity contribution in [2.24, 2.45) is 5.92 Å². The second kappa shape index (κ2) is 12.2. The zero-order valence-electron chi connectivity index (χ0n) is 24.1. The number of pyridine rings is 1. The van der Waals surface area contributed by atoms with Crippen LogP contribution < -0.4 is 10.6 Å². The molecule has 2 aliphatic rings. The lowest BCUT2D eigenvalue weighted by molar-refractivity contribution is 0.135. The summed E-state index contributed by atoms with van der Waals surface area (Å²) in [6.07, 6.45) is 9.62. The highest BCUT2D eigenvalue weighted by molar-refractivity contribution is 7.23. The molecule has 41 heavy (non-hydrogen) atoms. The second-order valence-electron chi connectivity index (χ2n) is 10.6. The van der Waals surface area contributed by atoms with Crippen LogP contribution in [0.3, 0.4) is 0 Å². The van der Waals surface area contributed by atoms with Crippen LogP contribution in [0.25, 0.3) is 32.2 Å². The molecule has 2 N–H and O–H groups in total. The number of anilines is 2. The Morgan fingerprint density at radius 2 is 1.93 bits per heavy atom. The standard InChI is InChI=1S/C29H30F2N6OS.C2H6/c1-3-4-5-6-7-21-15(2)8-9-37(21)29-35-11-17-18-13-38-14-19(18)22(24(31)25(17)36-29)26-23-16(10-32)28(33)39-27(23)20(30)12-34-26;1-2/h11-12,15,21H,3-9,13-14,33H2,1-2H3;1-2H3. The molecule has 1 saturated heterocycles. The van der Waals surface area contributed by atoms with E-state index in [1.54, 1.807) is 6.20 Å². The molecule has 2 aliphatic heterocycles. The summed E-state index contributed by atoms with van der Waals surface area (Å²) in [5.41, 5.74) is 8.11. The van der Waals surface area contributed by atoms with Gasteiger partial charge in [0.25, 0.3) is 0 Å². The first-order valence-corrected chi connectivity index (χ1v) is 15.4. The Balaban J connectivity index is 0.00000165. The molecular weight excluding hydrogens is 542 g/mol. The van der Waals surface area contributed by atoms with Crippen molar-refractivity contribution in [2.75, 3.05) is 17.2 Å². The third-order valence-corrected chi connectivity index (χ3v) is 9.25. The zero-order chi connectivity index (χ0) is 29.3. The minimum absolute atomic E-state index is 0.101. The molecular formula is C31H36F2N6OS. The van der Waals surface area contributed by atoms with Crippen molar-refractivity contribution >= 4 is 43.3 Å². The van der Waals surface area contributed by atoms with Crippen molar-refractivity contribution in [3.05, 3.63) is 40.7 Å². The van der Waals surface area contributed by atoms with Gasteiger partial charge in [-0.2, -0.15) is 5.26 Å². The van der Waals surface area contributed by atoms with Crippen LogP contribution in [0.4, 0.5) is 19.7 Å². The first kappa shape index (κ1) is 29.1. The number of nitrogen functional groups attached to an aromatic ring is 1. The van der Waals surface area contributed by atoms with Crippen LogP contribution in [0.1, 0.15) is 82.9 Å². The summed E-state index contributed by atoms with van der Waals surface area (Å²) in [6, 6.07) is 2.36. The number of hydrogen-bond acceptors (Lipinski definition) is 8. The number of aromatic nitrogens is 3. The van der Waals surface area contributed by atoms with E-state index >= 15 is 4.39 Å². The molecule has 10 heteroatoms. The minimum Gasteiger partial charge on any atom is -0.389 e. The van der Waals surface area contributed by atoms with Gasteiger partial charge in [0.2, 0.25) is 5.95 Å². The van der Waals surface area contributed by atoms with Crippen LogP contribution in [0, 0.1) is 28.9 Å². The number of rotatable bonds is 7. The molecule has 4 aromatic rings. The Kier molecular flexibility index (Phi) is 8.66. The molecule has 2 unspecified atom stereocenters. The molecule has 5 heterocycles. The van der Waals surface area contributed by atoms with Gasteiger partial charge < -0.3 is 15.4 Å². The molecule has 0 bridgehead atoms. The topological polar surface area (TPSA) is 101 Å². The maximum Gasteiger partial charge on any atom is 0.226 e. The lowest BCUT2D eigenvalue weighted by atomic mass is 9.94. The number of fused-ring (bicyclic) bond motifs is 4. The fourth-order valence-corrected chi connectivity index (χ4v) is 7.08. The normalized spacial score (nSPS) is 18.0. The number of unbranched alkanes of at least 4 members (excludes halogenated alkanes) is 3. The molecule has 6 rings (SSSR count). The Labute approximate surface area is 243 Å². The number of halogens is 2. The number of nitrogens with two attached hydrogens (primary N) is 1. The Bertz CT molecular complexity index is 1630. The van der Waals surface area contributed by atoms with E-state index in [1.165, 1.54) is 19.3 Å². The molecule has 0 radical (unpaired) electrons. The predicted molar refractivity (Wildman–Crippen MR) is 161 cm³/mol. The second-order valence-corrected chi connectivity index (χ2v) is 11.6. The summed E-state index contributed by atoms with van der Waals surface area (Å²) >= 11 is 0.965. The lowest BCUT2D eigenvalue weighted by Gasteiger charge is -2.27. The van der Waals surface area contributed by atoms with Crippen molar-refractivity contribution in [3.8, 4) is 17.3 Å². The Morgan fingerprint density at radius 1 is 1.15 bits per heavy atom. The van der Waals surface area contributed by atoms with Gasteiger partial charge in [0, 0.05) is 35.1 Å². The number of benzene rings is 1. The SMILES string of the molecule is CC.CCCCCCC1C(C)CCN1c1ncc2c3c(c(-c4ncc(F)c5sc(N)c(C#N)c45)c(F)c2n1)COC3. The summed E-state index contributed by atoms with van der Waals surface area (Å²) in [6.45, 7) is 9.75. The summed E-state index contributed by atoms with van der Waals surface area (Å²) < 4.78 is 37.2. The largest absolute Gasteiger partial charge is 0.389 e. The van der Waals surface area contributed by atoms with Gasteiger partial charge in [-0.3, -0.25) is 4.98 Å². The molecule has 0 saturated carbocycles. The van der Waals surface area contributed by atoms with Crippen molar-refractivity contribution in [1.29, 1.82) is 5.26 Å². The van der Waals surface area contributed by atoms with E-state index in [9.17, 15) is 9.65 Å². The van der Waals surface area contributed by atoms with E-state index < -0.39 is 11.6 Å². The fraction of sp³-hybridized carbons (Fsp3) is 0.484. The van der Waals surface area contributed by atoms with Gasteiger partial charge in [0.1, 0.15) is 16.6 Å². The highest BCUT2D eigenvalue weighted by atomic mass is 32.1. The van der Waals surface area contributed by atoms with Crippen LogP contribution in [-0.2, 0) is 18.0 Å². The van der Waals surface area contributed by atoms with Crippen LogP contribution in [0.15, 0.2) is 12.4 Å². The number of nitrogens with zero attached hydrogens (tertiary/aromatic N) is 5. The quantitative estimate of drug-likeness (QED) is 0.223. The van der Waals surface area contributed by atoms with Crippen molar-refractivity contribution < 1.29 is 13.5 Å². The third kappa shape index (κ3) is 4.99. The van der Waals surface area contributed by atoms with E-state index in [-0.39, 0.29) is 50.6 Å². The van der Waals surface area contributed by atoms with E-state index in [1.807, 2.05) is 13.8 Å². The predicted octanol–water partition coefficient (Wildman–Crippen LogP) is 7.88. The Hall–Kier alpha value is -3.42. The van der Waals surface area contributed by atoms with Gasteiger partial charge in [-0.15, -0.1) is 11.3 Å². The fourth-order valence-electron chi connectivity index (χ4n) is 6.15. The van der Waals surface area contributed by atoms with E-state index in [0.717, 1.165) is 48.9 Å². The maximum atomic E-state index is 16.6. The van der Waals surface area contributed by atoms with Crippen molar-refractivity contribution in [3.63, 3.8) is 0 Å². The monoisotopic (exact) mass is 578 g/mol. The zero-order valence-corrected chi connectivity index (χ0v) is 24.9. The first-order chi connectivity index (χ1) is 19.9. The van der Waals surface area contributed by atoms with Gasteiger partial charge in [-0.05, 0) is 29.9 Å². The smallest absolute Gasteiger partial charge is 0.226 e. The summed E-state index contributed by atoms with van der Waals surface area (Å²) in [5.74, 6) is -0.145. The average molecular weight is 579 g/mol. The average Bonchev–Trinajstić information content (AvgIpc) is 3.70. The van der Waals surface area contributed by atoms with Crippen molar-refractivity contribution in [1.82, 2.24) is 15.0 Å². The van der Waals surface area contributed by atoms with Crippen LogP contribution in [0.2, 0.25) is 0 Å². The van der Waals surface area contributed by atoms with Crippen LogP contribution in [0.5, 0.6) is 0 Å². The molecule has 1 aromatic carbocycles. The highest BCUT2D eigenvalue weighted by Crippen LogP contribution is 2.45. The summed E-state index contributed by atoms with van der Waals surface area (Å²) in [7, 11) is 0. The summed E-state index contributed by atoms with van der Waals surface area (Å²) in [5, 5.41) is 10.8. The Morgan fingerprint density at radius 3 is 2.68 bits per heavy atom. The molecule has 0 amide bonds. The van der Waals surface area contributed by atoms with Crippen molar-refractivity contribution in [2.45, 2.75) is 85.5 Å². The maximum absolute atomic E-state index is 16.6. The highest BCUT2D eigenvalue weighted by Gasteiger charge is 2.34. The van der Waals surface area contributed by atoms with E-state index in [4.69, 9.17) is 20.4 Å². The molecule has 216 valence electrons. The van der Waals surface area contributed by atoms with Gasteiger partial charge in [-0.25, -0.2) is 18.7 Å². The third-order valence-electron chi connectivity index (χ3n) is 8.23. The van der Waals surface area contributed by atoms with Gasteiger partial charge in [0.05, 0.1) is 35.4 Å². The van der Waals surface area contributed by atoms with E-state index in [2.05, 4.69) is 29.8 Å². The van der Waals surface area contributed by atoms with Gasteiger partial charge in [0.15, 0.2) is 11.6 Å². The number of hydrogen-bond donors (Lipinski definition) is 1.